The minimum atomic E-state index is -0.746. The van der Waals surface area contributed by atoms with Gasteiger partial charge in [0, 0.05) is 32.7 Å². The maximum Gasteiger partial charge on any atom is 0.317 e. The van der Waals surface area contributed by atoms with Crippen molar-refractivity contribution in [2.24, 2.45) is 0 Å². The van der Waals surface area contributed by atoms with Gasteiger partial charge >= 0.3 is 5.97 Å². The van der Waals surface area contributed by atoms with Gasteiger partial charge in [-0.25, -0.2) is 0 Å². The Balaban J connectivity index is 1.81. The predicted molar refractivity (Wildman–Crippen MR) is 81.6 cm³/mol. The standard InChI is InChI=1S/C16H24N2O3/c1-2-10-21-15-5-3-4-14(11-15)12-17-6-8-18(9-7-17)13-16(19)20/h3-5,11H,2,6-10,12-13H2,1H3,(H,19,20). The average molecular weight is 292 g/mol. The van der Waals surface area contributed by atoms with Gasteiger partial charge in [0.1, 0.15) is 5.75 Å². The first-order valence-corrected chi connectivity index (χ1v) is 7.55. The summed E-state index contributed by atoms with van der Waals surface area (Å²) in [6, 6.07) is 8.23. The van der Waals surface area contributed by atoms with E-state index in [1.54, 1.807) is 0 Å². The molecule has 1 aliphatic rings. The van der Waals surface area contributed by atoms with E-state index in [9.17, 15) is 4.79 Å². The molecule has 0 radical (unpaired) electrons. The molecule has 5 heteroatoms. The number of ether oxygens (including phenoxy) is 1. The number of nitrogens with zero attached hydrogens (tertiary/aromatic N) is 2. The van der Waals surface area contributed by atoms with Gasteiger partial charge in [-0.15, -0.1) is 0 Å². The number of carboxylic acids is 1. The Morgan fingerprint density at radius 2 is 1.95 bits per heavy atom. The fraction of sp³-hybridized carbons (Fsp3) is 0.562. The van der Waals surface area contributed by atoms with E-state index in [2.05, 4.69) is 24.0 Å². The molecule has 1 fully saturated rings. The molecule has 1 heterocycles. The van der Waals surface area contributed by atoms with Crippen LogP contribution < -0.4 is 4.74 Å². The molecule has 2 rings (SSSR count). The summed E-state index contributed by atoms with van der Waals surface area (Å²) in [5.41, 5.74) is 1.25. The fourth-order valence-corrected chi connectivity index (χ4v) is 2.51. The Morgan fingerprint density at radius 1 is 1.24 bits per heavy atom. The van der Waals surface area contributed by atoms with Crippen LogP contribution in [0.5, 0.6) is 5.75 Å². The lowest BCUT2D eigenvalue weighted by atomic mass is 10.2. The highest BCUT2D eigenvalue weighted by molar-refractivity contribution is 5.69. The van der Waals surface area contributed by atoms with E-state index in [1.165, 1.54) is 5.56 Å². The molecule has 1 aromatic carbocycles. The Labute approximate surface area is 126 Å². The highest BCUT2D eigenvalue weighted by atomic mass is 16.5. The van der Waals surface area contributed by atoms with E-state index in [0.717, 1.165) is 51.5 Å². The molecule has 5 nitrogen and oxygen atoms in total. The molecule has 1 aliphatic heterocycles. The molecule has 0 atom stereocenters. The van der Waals surface area contributed by atoms with Crippen LogP contribution in [0.15, 0.2) is 24.3 Å². The molecular weight excluding hydrogens is 268 g/mol. The van der Waals surface area contributed by atoms with Crippen molar-refractivity contribution in [2.45, 2.75) is 19.9 Å². The largest absolute Gasteiger partial charge is 0.494 e. The predicted octanol–water partition coefficient (Wildman–Crippen LogP) is 1.68. The monoisotopic (exact) mass is 292 g/mol. The molecular formula is C16H24N2O3. The van der Waals surface area contributed by atoms with Crippen LogP contribution in [0.3, 0.4) is 0 Å². The Kier molecular flexibility index (Phi) is 6.02. The normalized spacial score (nSPS) is 16.8. The minimum absolute atomic E-state index is 0.147. The van der Waals surface area contributed by atoms with Crippen molar-refractivity contribution in [1.29, 1.82) is 0 Å². The maximum atomic E-state index is 10.7. The fourth-order valence-electron chi connectivity index (χ4n) is 2.51. The van der Waals surface area contributed by atoms with Gasteiger partial charge in [-0.2, -0.15) is 0 Å². The van der Waals surface area contributed by atoms with Crippen molar-refractivity contribution in [2.75, 3.05) is 39.3 Å². The highest BCUT2D eigenvalue weighted by Gasteiger charge is 2.18. The third kappa shape index (κ3) is 5.36. The average Bonchev–Trinajstić information content (AvgIpc) is 2.47. The zero-order valence-corrected chi connectivity index (χ0v) is 12.6. The van der Waals surface area contributed by atoms with E-state index in [4.69, 9.17) is 9.84 Å². The summed E-state index contributed by atoms with van der Waals surface area (Å²) >= 11 is 0. The quantitative estimate of drug-likeness (QED) is 0.828. The molecule has 1 aromatic rings. The topological polar surface area (TPSA) is 53.0 Å². The van der Waals surface area contributed by atoms with Gasteiger partial charge < -0.3 is 9.84 Å². The number of hydrogen-bond acceptors (Lipinski definition) is 4. The molecule has 0 aliphatic carbocycles. The van der Waals surface area contributed by atoms with E-state index >= 15 is 0 Å². The Bertz CT molecular complexity index is 457. The lowest BCUT2D eigenvalue weighted by Gasteiger charge is -2.33. The Morgan fingerprint density at radius 3 is 2.62 bits per heavy atom. The second kappa shape index (κ2) is 8.00. The van der Waals surface area contributed by atoms with Crippen LogP contribution in [-0.2, 0) is 11.3 Å². The number of piperazine rings is 1. The van der Waals surface area contributed by atoms with E-state index in [1.807, 2.05) is 17.0 Å². The molecule has 0 saturated carbocycles. The van der Waals surface area contributed by atoms with Crippen LogP contribution in [-0.4, -0.2) is 60.2 Å². The lowest BCUT2D eigenvalue weighted by molar-refractivity contribution is -0.138. The summed E-state index contributed by atoms with van der Waals surface area (Å²) < 4.78 is 5.65. The summed E-state index contributed by atoms with van der Waals surface area (Å²) in [5.74, 6) is 0.183. The van der Waals surface area contributed by atoms with Crippen molar-refractivity contribution in [3.05, 3.63) is 29.8 Å². The van der Waals surface area contributed by atoms with Crippen molar-refractivity contribution < 1.29 is 14.6 Å². The molecule has 0 spiro atoms. The lowest BCUT2D eigenvalue weighted by Crippen LogP contribution is -2.47. The van der Waals surface area contributed by atoms with Crippen LogP contribution in [0.4, 0.5) is 0 Å². The number of rotatable bonds is 7. The van der Waals surface area contributed by atoms with Crippen LogP contribution in [0.2, 0.25) is 0 Å². The molecule has 0 unspecified atom stereocenters. The van der Waals surface area contributed by atoms with Gasteiger partial charge in [-0.05, 0) is 24.1 Å². The van der Waals surface area contributed by atoms with Gasteiger partial charge in [0.15, 0.2) is 0 Å². The molecule has 1 saturated heterocycles. The first-order valence-electron chi connectivity index (χ1n) is 7.55. The summed E-state index contributed by atoms with van der Waals surface area (Å²) in [6.45, 7) is 7.34. The van der Waals surface area contributed by atoms with Crippen molar-refractivity contribution in [3.8, 4) is 5.75 Å². The number of carboxylic acid groups (broad SMARTS) is 1. The number of aliphatic carboxylic acids is 1. The third-order valence-electron chi connectivity index (χ3n) is 3.60. The number of carbonyl (C=O) groups is 1. The van der Waals surface area contributed by atoms with Crippen molar-refractivity contribution >= 4 is 5.97 Å². The zero-order chi connectivity index (χ0) is 15.1. The van der Waals surface area contributed by atoms with Crippen LogP contribution in [0, 0.1) is 0 Å². The van der Waals surface area contributed by atoms with E-state index in [0.29, 0.717) is 0 Å². The molecule has 0 amide bonds. The van der Waals surface area contributed by atoms with Crippen LogP contribution >= 0.6 is 0 Å². The summed E-state index contributed by atoms with van der Waals surface area (Å²) in [4.78, 5) is 15.0. The van der Waals surface area contributed by atoms with E-state index < -0.39 is 5.97 Å². The van der Waals surface area contributed by atoms with Crippen LogP contribution in [0.1, 0.15) is 18.9 Å². The van der Waals surface area contributed by atoms with E-state index in [-0.39, 0.29) is 6.54 Å². The Hall–Kier alpha value is -1.59. The van der Waals surface area contributed by atoms with Crippen LogP contribution in [0.25, 0.3) is 0 Å². The van der Waals surface area contributed by atoms with Gasteiger partial charge in [-0.1, -0.05) is 19.1 Å². The number of benzene rings is 1. The molecule has 0 aromatic heterocycles. The second-order valence-corrected chi connectivity index (χ2v) is 5.44. The molecule has 116 valence electrons. The van der Waals surface area contributed by atoms with Crippen molar-refractivity contribution in [3.63, 3.8) is 0 Å². The second-order valence-electron chi connectivity index (χ2n) is 5.44. The van der Waals surface area contributed by atoms with Gasteiger partial charge in [0.25, 0.3) is 0 Å². The van der Waals surface area contributed by atoms with Gasteiger partial charge in [0.2, 0.25) is 0 Å². The van der Waals surface area contributed by atoms with Gasteiger partial charge in [0.05, 0.1) is 13.2 Å². The van der Waals surface area contributed by atoms with Gasteiger partial charge in [-0.3, -0.25) is 14.6 Å². The summed E-state index contributed by atoms with van der Waals surface area (Å²) in [7, 11) is 0. The smallest absolute Gasteiger partial charge is 0.317 e. The summed E-state index contributed by atoms with van der Waals surface area (Å²) in [5, 5.41) is 8.80. The SMILES string of the molecule is CCCOc1cccc(CN2CCN(CC(=O)O)CC2)c1. The third-order valence-corrected chi connectivity index (χ3v) is 3.60. The first kappa shape index (κ1) is 15.8. The minimum Gasteiger partial charge on any atom is -0.494 e. The zero-order valence-electron chi connectivity index (χ0n) is 12.6. The molecule has 1 N–H and O–H groups in total. The first-order chi connectivity index (χ1) is 10.2. The molecule has 0 bridgehead atoms. The number of hydrogen-bond donors (Lipinski definition) is 1. The maximum absolute atomic E-state index is 10.7. The van der Waals surface area contributed by atoms with Crippen molar-refractivity contribution in [1.82, 2.24) is 9.80 Å². The highest BCUT2D eigenvalue weighted by Crippen LogP contribution is 2.16. The molecule has 21 heavy (non-hydrogen) atoms. The summed E-state index contributed by atoms with van der Waals surface area (Å²) in [6.07, 6.45) is 1.01.